The summed E-state index contributed by atoms with van der Waals surface area (Å²) in [6.45, 7) is 0. The van der Waals surface area contributed by atoms with Crippen LogP contribution in [0, 0.1) is 0 Å². The molecule has 132 valence electrons. The van der Waals surface area contributed by atoms with Gasteiger partial charge in [-0.15, -0.1) is 13.2 Å². The maximum atomic E-state index is 12.1. The smallest absolute Gasteiger partial charge is 0.480 e. The number of hydrogen-bond donors (Lipinski definition) is 2. The lowest BCUT2D eigenvalue weighted by molar-refractivity contribution is -0.274. The van der Waals surface area contributed by atoms with Crippen LogP contribution in [0.2, 0.25) is 0 Å². The summed E-state index contributed by atoms with van der Waals surface area (Å²) < 4.78 is 40.0. The van der Waals surface area contributed by atoms with Gasteiger partial charge in [0, 0.05) is 0 Å². The van der Waals surface area contributed by atoms with Crippen molar-refractivity contribution in [1.82, 2.24) is 5.32 Å². The molecule has 1 aromatic carbocycles. The largest absolute Gasteiger partial charge is 0.573 e. The lowest BCUT2D eigenvalue weighted by Crippen LogP contribution is -2.55. The summed E-state index contributed by atoms with van der Waals surface area (Å²) in [5.74, 6) is -1.89. The molecule has 0 atom stereocenters. The first-order valence-electron chi connectivity index (χ1n) is 7.59. The van der Waals surface area contributed by atoms with Crippen LogP contribution in [0.4, 0.5) is 13.2 Å². The van der Waals surface area contributed by atoms with Crippen molar-refractivity contribution in [2.75, 3.05) is 0 Å². The van der Waals surface area contributed by atoms with E-state index in [0.717, 1.165) is 31.4 Å². The van der Waals surface area contributed by atoms with E-state index >= 15 is 0 Å². The molecule has 2 N–H and O–H groups in total. The number of hydrogen-bond acceptors (Lipinski definition) is 3. The van der Waals surface area contributed by atoms with Crippen molar-refractivity contribution in [3.05, 3.63) is 29.8 Å². The van der Waals surface area contributed by atoms with Crippen molar-refractivity contribution in [2.24, 2.45) is 0 Å². The molecule has 1 aromatic rings. The van der Waals surface area contributed by atoms with Gasteiger partial charge in [0.1, 0.15) is 11.3 Å². The van der Waals surface area contributed by atoms with Crippen molar-refractivity contribution in [3.8, 4) is 5.75 Å². The van der Waals surface area contributed by atoms with E-state index in [1.165, 1.54) is 12.1 Å². The van der Waals surface area contributed by atoms with E-state index in [-0.39, 0.29) is 12.2 Å². The summed E-state index contributed by atoms with van der Waals surface area (Å²) in [7, 11) is 0. The average Bonchev–Trinajstić information content (AvgIpc) is 2.48. The average molecular weight is 345 g/mol. The minimum Gasteiger partial charge on any atom is -0.480 e. The van der Waals surface area contributed by atoms with E-state index in [1.54, 1.807) is 0 Å². The van der Waals surface area contributed by atoms with Crippen LogP contribution in [-0.2, 0) is 16.0 Å². The fourth-order valence-corrected chi connectivity index (χ4v) is 2.85. The van der Waals surface area contributed by atoms with Crippen LogP contribution in [0.5, 0.6) is 5.75 Å². The molecule has 0 aliphatic heterocycles. The molecule has 0 bridgehead atoms. The predicted molar refractivity (Wildman–Crippen MR) is 78.4 cm³/mol. The van der Waals surface area contributed by atoms with E-state index < -0.39 is 23.8 Å². The van der Waals surface area contributed by atoms with E-state index in [1.807, 2.05) is 0 Å². The topological polar surface area (TPSA) is 75.6 Å². The van der Waals surface area contributed by atoms with Crippen LogP contribution in [-0.4, -0.2) is 28.9 Å². The number of rotatable bonds is 5. The molecule has 0 heterocycles. The number of aliphatic carboxylic acids is 1. The Morgan fingerprint density at radius 3 is 2.21 bits per heavy atom. The van der Waals surface area contributed by atoms with E-state index in [4.69, 9.17) is 0 Å². The SMILES string of the molecule is O=C(Cc1ccc(OC(F)(F)F)cc1)NC1(C(=O)O)CCCCC1. The van der Waals surface area contributed by atoms with Crippen LogP contribution in [0.25, 0.3) is 0 Å². The molecule has 0 aromatic heterocycles. The molecule has 24 heavy (non-hydrogen) atoms. The van der Waals surface area contributed by atoms with Gasteiger partial charge in [0.25, 0.3) is 0 Å². The Hall–Kier alpha value is -2.25. The Morgan fingerprint density at radius 2 is 1.71 bits per heavy atom. The number of benzene rings is 1. The minimum absolute atomic E-state index is 0.110. The number of carbonyl (C=O) groups is 2. The van der Waals surface area contributed by atoms with Gasteiger partial charge in [0.15, 0.2) is 0 Å². The van der Waals surface area contributed by atoms with Crippen LogP contribution in [0.1, 0.15) is 37.7 Å². The Balaban J connectivity index is 1.97. The molecule has 0 spiro atoms. The Morgan fingerprint density at radius 1 is 1.12 bits per heavy atom. The fourth-order valence-electron chi connectivity index (χ4n) is 2.85. The van der Waals surface area contributed by atoms with Crippen molar-refractivity contribution >= 4 is 11.9 Å². The van der Waals surface area contributed by atoms with Crippen LogP contribution >= 0.6 is 0 Å². The zero-order valence-electron chi connectivity index (χ0n) is 12.9. The third-order valence-corrected chi connectivity index (χ3v) is 4.02. The third kappa shape index (κ3) is 4.87. The lowest BCUT2D eigenvalue weighted by Gasteiger charge is -2.34. The number of halogens is 3. The highest BCUT2D eigenvalue weighted by Crippen LogP contribution is 2.29. The van der Waals surface area contributed by atoms with Gasteiger partial charge in [-0.2, -0.15) is 0 Å². The molecule has 1 saturated carbocycles. The van der Waals surface area contributed by atoms with Crippen molar-refractivity contribution in [1.29, 1.82) is 0 Å². The summed E-state index contributed by atoms with van der Waals surface area (Å²) in [5, 5.41) is 12.0. The Labute approximate surface area is 136 Å². The number of carboxylic acids is 1. The maximum Gasteiger partial charge on any atom is 0.573 e. The number of carbonyl (C=O) groups excluding carboxylic acids is 1. The molecular formula is C16H18F3NO4. The van der Waals surface area contributed by atoms with Gasteiger partial charge in [0.05, 0.1) is 6.42 Å². The first kappa shape index (κ1) is 18.1. The van der Waals surface area contributed by atoms with Gasteiger partial charge in [-0.3, -0.25) is 4.79 Å². The number of amides is 1. The third-order valence-electron chi connectivity index (χ3n) is 4.02. The summed E-state index contributed by atoms with van der Waals surface area (Å²) in [6, 6.07) is 4.91. The highest BCUT2D eigenvalue weighted by molar-refractivity contribution is 5.88. The molecule has 0 unspecified atom stereocenters. The highest BCUT2D eigenvalue weighted by Gasteiger charge is 2.40. The van der Waals surface area contributed by atoms with Gasteiger partial charge in [-0.05, 0) is 30.5 Å². The molecular weight excluding hydrogens is 327 g/mol. The van der Waals surface area contributed by atoms with E-state index in [9.17, 15) is 27.9 Å². The molecule has 8 heteroatoms. The summed E-state index contributed by atoms with van der Waals surface area (Å²) in [4.78, 5) is 23.6. The van der Waals surface area contributed by atoms with E-state index in [0.29, 0.717) is 18.4 Å². The molecule has 2 rings (SSSR count). The monoisotopic (exact) mass is 345 g/mol. The normalized spacial score (nSPS) is 17.1. The zero-order valence-corrected chi connectivity index (χ0v) is 12.9. The van der Waals surface area contributed by atoms with Crippen molar-refractivity contribution in [2.45, 2.75) is 50.4 Å². The minimum atomic E-state index is -4.77. The number of carboxylic acid groups (broad SMARTS) is 1. The van der Waals surface area contributed by atoms with Gasteiger partial charge in [-0.1, -0.05) is 31.4 Å². The molecule has 1 aliphatic rings. The molecule has 0 saturated heterocycles. The van der Waals surface area contributed by atoms with Gasteiger partial charge >= 0.3 is 12.3 Å². The molecule has 1 amide bonds. The first-order valence-corrected chi connectivity index (χ1v) is 7.59. The van der Waals surface area contributed by atoms with Crippen LogP contribution in [0.3, 0.4) is 0 Å². The Kier molecular flexibility index (Phi) is 5.36. The molecule has 1 aliphatic carbocycles. The molecule has 1 fully saturated rings. The number of nitrogens with one attached hydrogen (secondary N) is 1. The number of ether oxygens (including phenoxy) is 1. The highest BCUT2D eigenvalue weighted by atomic mass is 19.4. The zero-order chi connectivity index (χ0) is 17.8. The van der Waals surface area contributed by atoms with Gasteiger partial charge in [0.2, 0.25) is 5.91 Å². The van der Waals surface area contributed by atoms with Gasteiger partial charge < -0.3 is 15.2 Å². The maximum absolute atomic E-state index is 12.1. The van der Waals surface area contributed by atoms with Crippen molar-refractivity contribution < 1.29 is 32.6 Å². The second-order valence-electron chi connectivity index (χ2n) is 5.86. The number of alkyl halides is 3. The van der Waals surface area contributed by atoms with E-state index in [2.05, 4.69) is 10.1 Å². The second kappa shape index (κ2) is 7.11. The second-order valence-corrected chi connectivity index (χ2v) is 5.86. The summed E-state index contributed by atoms with van der Waals surface area (Å²) >= 11 is 0. The van der Waals surface area contributed by atoms with Crippen molar-refractivity contribution in [3.63, 3.8) is 0 Å². The van der Waals surface area contributed by atoms with Crippen LogP contribution < -0.4 is 10.1 Å². The first-order chi connectivity index (χ1) is 11.2. The standard InChI is InChI=1S/C16H18F3NO4/c17-16(18,19)24-12-6-4-11(5-7-12)10-13(21)20-15(14(22)23)8-2-1-3-9-15/h4-7H,1-3,8-10H2,(H,20,21)(H,22,23). The molecule has 0 radical (unpaired) electrons. The summed E-state index contributed by atoms with van der Waals surface area (Å²) in [5.41, 5.74) is -0.771. The lowest BCUT2D eigenvalue weighted by atomic mass is 9.81. The van der Waals surface area contributed by atoms with Crippen LogP contribution in [0.15, 0.2) is 24.3 Å². The summed E-state index contributed by atoms with van der Waals surface area (Å²) in [6.07, 6.45) is -1.72. The quantitative estimate of drug-likeness (QED) is 0.860. The van der Waals surface area contributed by atoms with Gasteiger partial charge in [-0.25, -0.2) is 4.79 Å². The molecule has 5 nitrogen and oxygen atoms in total. The fraction of sp³-hybridized carbons (Fsp3) is 0.500. The Bertz CT molecular complexity index is 592. The predicted octanol–water partition coefficient (Wildman–Crippen LogP) is 3.03.